The molecule has 0 atom stereocenters. The van der Waals surface area contributed by atoms with Crippen LogP contribution in [0.4, 0.5) is 5.69 Å². The fraction of sp³-hybridized carbons (Fsp3) is 0.500. The van der Waals surface area contributed by atoms with Gasteiger partial charge in [-0.1, -0.05) is 37.5 Å². The first-order valence-corrected chi connectivity index (χ1v) is 13.8. The molecule has 1 saturated heterocycles. The van der Waals surface area contributed by atoms with E-state index in [1.807, 2.05) is 30.0 Å². The summed E-state index contributed by atoms with van der Waals surface area (Å²) in [7, 11) is -3.80. The first-order chi connectivity index (χ1) is 16.5. The number of benzene rings is 2. The molecular weight excluding hydrogens is 450 g/mol. The van der Waals surface area contributed by atoms with Crippen LogP contribution >= 0.6 is 0 Å². The smallest absolute Gasteiger partial charge is 0.243 e. The lowest BCUT2D eigenvalue weighted by atomic mass is 9.95. The first-order valence-electron chi connectivity index (χ1n) is 12.3. The SMILES string of the molecule is CCOc1ccc(S(=O)(=O)N(CC(=O)N2CCN(c3ccccc3)CC2)C2CCCCC2)cc1. The summed E-state index contributed by atoms with van der Waals surface area (Å²) >= 11 is 0. The van der Waals surface area contributed by atoms with Crippen LogP contribution in [0.2, 0.25) is 0 Å². The maximum atomic E-state index is 13.7. The van der Waals surface area contributed by atoms with E-state index in [0.29, 0.717) is 25.4 Å². The minimum atomic E-state index is -3.80. The van der Waals surface area contributed by atoms with E-state index in [-0.39, 0.29) is 23.4 Å². The Morgan fingerprint density at radius 2 is 1.59 bits per heavy atom. The van der Waals surface area contributed by atoms with E-state index in [9.17, 15) is 13.2 Å². The van der Waals surface area contributed by atoms with Gasteiger partial charge < -0.3 is 14.5 Å². The van der Waals surface area contributed by atoms with Gasteiger partial charge in [0.15, 0.2) is 0 Å². The molecule has 1 aliphatic carbocycles. The molecule has 4 rings (SSSR count). The van der Waals surface area contributed by atoms with E-state index in [1.54, 1.807) is 24.3 Å². The Bertz CT molecular complexity index is 1030. The van der Waals surface area contributed by atoms with Crippen LogP contribution in [0.1, 0.15) is 39.0 Å². The largest absolute Gasteiger partial charge is 0.494 e. The lowest BCUT2D eigenvalue weighted by molar-refractivity contribution is -0.132. The molecule has 8 heteroatoms. The fourth-order valence-corrected chi connectivity index (χ4v) is 6.51. The highest BCUT2D eigenvalue weighted by Crippen LogP contribution is 2.29. The van der Waals surface area contributed by atoms with Crippen molar-refractivity contribution in [2.75, 3.05) is 44.2 Å². The van der Waals surface area contributed by atoms with Gasteiger partial charge in [-0.25, -0.2) is 8.42 Å². The van der Waals surface area contributed by atoms with E-state index < -0.39 is 10.0 Å². The predicted molar refractivity (Wildman–Crippen MR) is 134 cm³/mol. The number of ether oxygens (including phenoxy) is 1. The Kier molecular flexibility index (Phi) is 8.11. The van der Waals surface area contributed by atoms with Crippen molar-refractivity contribution < 1.29 is 17.9 Å². The highest BCUT2D eigenvalue weighted by Gasteiger charge is 2.35. The number of nitrogens with zero attached hydrogens (tertiary/aromatic N) is 3. The molecule has 0 N–H and O–H groups in total. The van der Waals surface area contributed by atoms with Crippen LogP contribution in [0.15, 0.2) is 59.5 Å². The standard InChI is InChI=1S/C26H35N3O4S/c1-2-33-24-13-15-25(16-14-24)34(31,32)29(23-11-7-4-8-12-23)21-26(30)28-19-17-27(18-20-28)22-9-5-3-6-10-22/h3,5-6,9-10,13-16,23H,2,4,7-8,11-12,17-21H2,1H3. The van der Waals surface area contributed by atoms with Gasteiger partial charge in [-0.15, -0.1) is 0 Å². The normalized spacial score (nSPS) is 17.7. The van der Waals surface area contributed by atoms with Crippen molar-refractivity contribution in [3.05, 3.63) is 54.6 Å². The summed E-state index contributed by atoms with van der Waals surface area (Å²) in [6.45, 7) is 4.97. The number of carbonyl (C=O) groups is 1. The predicted octanol–water partition coefficient (Wildman–Crippen LogP) is 3.76. The molecule has 0 bridgehead atoms. The van der Waals surface area contributed by atoms with Crippen LogP contribution in [0.25, 0.3) is 0 Å². The Labute approximate surface area is 203 Å². The second-order valence-electron chi connectivity index (χ2n) is 8.95. The first kappa shape index (κ1) is 24.5. The van der Waals surface area contributed by atoms with Crippen molar-refractivity contribution in [1.82, 2.24) is 9.21 Å². The average Bonchev–Trinajstić information content (AvgIpc) is 2.89. The van der Waals surface area contributed by atoms with Gasteiger partial charge in [0.25, 0.3) is 0 Å². The molecule has 0 radical (unpaired) electrons. The molecule has 1 heterocycles. The maximum absolute atomic E-state index is 13.7. The summed E-state index contributed by atoms with van der Waals surface area (Å²) in [5.74, 6) is 0.519. The quantitative estimate of drug-likeness (QED) is 0.570. The lowest BCUT2D eigenvalue weighted by Crippen LogP contribution is -2.53. The van der Waals surface area contributed by atoms with Crippen LogP contribution in [0.3, 0.4) is 0 Å². The second-order valence-corrected chi connectivity index (χ2v) is 10.8. The van der Waals surface area contributed by atoms with Gasteiger partial charge in [0.05, 0.1) is 18.0 Å². The molecule has 0 aromatic heterocycles. The van der Waals surface area contributed by atoms with Gasteiger partial charge in [0.2, 0.25) is 15.9 Å². The number of anilines is 1. The Morgan fingerprint density at radius 1 is 0.941 bits per heavy atom. The third kappa shape index (κ3) is 5.73. The zero-order chi connectivity index (χ0) is 24.0. The molecule has 2 aromatic carbocycles. The van der Waals surface area contributed by atoms with Crippen LogP contribution in [-0.4, -0.2) is 68.9 Å². The van der Waals surface area contributed by atoms with Gasteiger partial charge in [-0.05, 0) is 56.2 Å². The molecule has 34 heavy (non-hydrogen) atoms. The van der Waals surface area contributed by atoms with Crippen LogP contribution in [0, 0.1) is 0 Å². The summed E-state index contributed by atoms with van der Waals surface area (Å²) in [4.78, 5) is 17.6. The number of sulfonamides is 1. The molecule has 7 nitrogen and oxygen atoms in total. The van der Waals surface area contributed by atoms with Crippen molar-refractivity contribution in [1.29, 1.82) is 0 Å². The third-order valence-corrected chi connectivity index (χ3v) is 8.68. The van der Waals surface area contributed by atoms with Crippen LogP contribution in [0.5, 0.6) is 5.75 Å². The van der Waals surface area contributed by atoms with Gasteiger partial charge in [0, 0.05) is 37.9 Å². The number of amides is 1. The highest BCUT2D eigenvalue weighted by atomic mass is 32.2. The molecule has 0 unspecified atom stereocenters. The zero-order valence-corrected chi connectivity index (χ0v) is 20.8. The summed E-state index contributed by atoms with van der Waals surface area (Å²) in [6, 6.07) is 16.6. The number of carbonyl (C=O) groups excluding carboxylic acids is 1. The number of hydrogen-bond acceptors (Lipinski definition) is 5. The maximum Gasteiger partial charge on any atom is 0.243 e. The number of piperazine rings is 1. The van der Waals surface area contributed by atoms with E-state index in [1.165, 1.54) is 4.31 Å². The minimum absolute atomic E-state index is 0.106. The van der Waals surface area contributed by atoms with Crippen molar-refractivity contribution in [3.8, 4) is 5.75 Å². The molecule has 2 fully saturated rings. The molecule has 1 amide bonds. The third-order valence-electron chi connectivity index (χ3n) is 6.77. The molecule has 2 aliphatic rings. The van der Waals surface area contributed by atoms with Gasteiger partial charge in [-0.3, -0.25) is 4.79 Å². The summed E-state index contributed by atoms with van der Waals surface area (Å²) in [5.41, 5.74) is 1.15. The number of para-hydroxylation sites is 1. The van der Waals surface area contributed by atoms with Crippen LogP contribution in [-0.2, 0) is 14.8 Å². The Balaban J connectivity index is 1.47. The van der Waals surface area contributed by atoms with Crippen molar-refractivity contribution in [2.24, 2.45) is 0 Å². The molecular formula is C26H35N3O4S. The molecule has 1 saturated carbocycles. The monoisotopic (exact) mass is 485 g/mol. The van der Waals surface area contributed by atoms with E-state index in [0.717, 1.165) is 50.9 Å². The second kappa shape index (κ2) is 11.2. The Hall–Kier alpha value is -2.58. The molecule has 0 spiro atoms. The van der Waals surface area contributed by atoms with E-state index in [2.05, 4.69) is 17.0 Å². The fourth-order valence-electron chi connectivity index (χ4n) is 4.88. The lowest BCUT2D eigenvalue weighted by Gasteiger charge is -2.38. The number of rotatable bonds is 8. The topological polar surface area (TPSA) is 70.2 Å². The van der Waals surface area contributed by atoms with Gasteiger partial charge in [-0.2, -0.15) is 4.31 Å². The van der Waals surface area contributed by atoms with Crippen molar-refractivity contribution in [2.45, 2.75) is 50.0 Å². The molecule has 2 aromatic rings. The molecule has 184 valence electrons. The van der Waals surface area contributed by atoms with Crippen molar-refractivity contribution in [3.63, 3.8) is 0 Å². The van der Waals surface area contributed by atoms with Crippen molar-refractivity contribution >= 4 is 21.6 Å². The molecule has 1 aliphatic heterocycles. The highest BCUT2D eigenvalue weighted by molar-refractivity contribution is 7.89. The van der Waals surface area contributed by atoms with Gasteiger partial charge in [0.1, 0.15) is 5.75 Å². The summed E-state index contributed by atoms with van der Waals surface area (Å²) in [6.07, 6.45) is 4.69. The van der Waals surface area contributed by atoms with Crippen LogP contribution < -0.4 is 9.64 Å². The minimum Gasteiger partial charge on any atom is -0.494 e. The Morgan fingerprint density at radius 3 is 2.21 bits per heavy atom. The average molecular weight is 486 g/mol. The number of hydrogen-bond donors (Lipinski definition) is 0. The summed E-state index contributed by atoms with van der Waals surface area (Å²) in [5, 5.41) is 0. The van der Waals surface area contributed by atoms with Gasteiger partial charge >= 0.3 is 0 Å². The zero-order valence-electron chi connectivity index (χ0n) is 19.9. The van der Waals surface area contributed by atoms with E-state index >= 15 is 0 Å². The summed E-state index contributed by atoms with van der Waals surface area (Å²) < 4.78 is 34.3. The van der Waals surface area contributed by atoms with E-state index in [4.69, 9.17) is 4.74 Å².